The number of amides is 2. The van der Waals surface area contributed by atoms with Crippen molar-refractivity contribution in [1.29, 1.82) is 0 Å². The molecule has 0 spiro atoms. The molecule has 154 valence electrons. The van der Waals surface area contributed by atoms with E-state index < -0.39 is 0 Å². The largest absolute Gasteiger partial charge is 0.368 e. The number of nitrogens with one attached hydrogen (secondary N) is 3. The number of carbonyl (C=O) groups is 2. The molecule has 8 heteroatoms. The fourth-order valence-electron chi connectivity index (χ4n) is 3.95. The second-order valence-corrected chi connectivity index (χ2v) is 7.52. The van der Waals surface area contributed by atoms with E-state index in [9.17, 15) is 9.59 Å². The second kappa shape index (κ2) is 9.09. The van der Waals surface area contributed by atoms with Crippen molar-refractivity contribution in [3.8, 4) is 0 Å². The van der Waals surface area contributed by atoms with E-state index in [4.69, 9.17) is 0 Å². The van der Waals surface area contributed by atoms with Gasteiger partial charge in [0.15, 0.2) is 5.69 Å². The van der Waals surface area contributed by atoms with Crippen LogP contribution in [0.25, 0.3) is 0 Å². The summed E-state index contributed by atoms with van der Waals surface area (Å²) < 4.78 is 0. The van der Waals surface area contributed by atoms with Gasteiger partial charge in [0.25, 0.3) is 5.91 Å². The van der Waals surface area contributed by atoms with E-state index >= 15 is 0 Å². The summed E-state index contributed by atoms with van der Waals surface area (Å²) in [6.07, 6.45) is 1.95. The van der Waals surface area contributed by atoms with Gasteiger partial charge in [-0.15, -0.1) is 0 Å². The van der Waals surface area contributed by atoms with E-state index in [1.165, 1.54) is 5.69 Å². The van der Waals surface area contributed by atoms with Crippen LogP contribution in [-0.4, -0.2) is 66.2 Å². The molecule has 3 N–H and O–H groups in total. The zero-order valence-corrected chi connectivity index (χ0v) is 16.6. The number of anilines is 1. The molecule has 8 nitrogen and oxygen atoms in total. The number of para-hydroxylation sites is 1. The molecular weight excluding hydrogens is 368 g/mol. The highest BCUT2D eigenvalue weighted by Crippen LogP contribution is 2.17. The third-order valence-electron chi connectivity index (χ3n) is 5.63. The van der Waals surface area contributed by atoms with Gasteiger partial charge in [0, 0.05) is 75.6 Å². The van der Waals surface area contributed by atoms with Gasteiger partial charge >= 0.3 is 0 Å². The Morgan fingerprint density at radius 3 is 2.69 bits per heavy atom. The van der Waals surface area contributed by atoms with E-state index in [1.54, 1.807) is 0 Å². The number of piperazine rings is 1. The van der Waals surface area contributed by atoms with Gasteiger partial charge in [0.05, 0.1) is 0 Å². The summed E-state index contributed by atoms with van der Waals surface area (Å²) in [5.41, 5.74) is 3.67. The average Bonchev–Trinajstić information content (AvgIpc) is 3.21. The molecule has 4 rings (SSSR count). The molecule has 2 aliphatic rings. The Bertz CT molecular complexity index is 842. The summed E-state index contributed by atoms with van der Waals surface area (Å²) >= 11 is 0. The molecule has 2 aliphatic heterocycles. The molecule has 0 aliphatic carbocycles. The smallest absolute Gasteiger partial charge is 0.272 e. The maximum absolute atomic E-state index is 12.5. The first-order chi connectivity index (χ1) is 14.2. The molecule has 2 amide bonds. The molecule has 29 heavy (non-hydrogen) atoms. The fraction of sp³-hybridized carbons (Fsp3) is 0.476. The van der Waals surface area contributed by atoms with Crippen molar-refractivity contribution < 1.29 is 9.59 Å². The number of nitrogens with zero attached hydrogens (tertiary/aromatic N) is 3. The molecular formula is C21H28N6O2. The summed E-state index contributed by atoms with van der Waals surface area (Å²) in [5, 5.41) is 13.3. The summed E-state index contributed by atoms with van der Waals surface area (Å²) in [4.78, 5) is 29.1. The van der Waals surface area contributed by atoms with Gasteiger partial charge in [-0.1, -0.05) is 18.2 Å². The van der Waals surface area contributed by atoms with Crippen LogP contribution in [-0.2, 0) is 17.8 Å². The van der Waals surface area contributed by atoms with Gasteiger partial charge in [-0.2, -0.15) is 5.10 Å². The maximum Gasteiger partial charge on any atom is 0.272 e. The number of rotatable bonds is 6. The normalized spacial score (nSPS) is 16.4. The maximum atomic E-state index is 12.5. The predicted octanol–water partition coefficient (Wildman–Crippen LogP) is 0.914. The minimum Gasteiger partial charge on any atom is -0.368 e. The fourth-order valence-corrected chi connectivity index (χ4v) is 3.95. The lowest BCUT2D eigenvalue weighted by Crippen LogP contribution is -2.48. The number of H-pyrrole nitrogens is 1. The summed E-state index contributed by atoms with van der Waals surface area (Å²) in [7, 11) is 0. The topological polar surface area (TPSA) is 93.4 Å². The van der Waals surface area contributed by atoms with Crippen LogP contribution in [0.3, 0.4) is 0 Å². The zero-order valence-electron chi connectivity index (χ0n) is 16.6. The number of hydrogen-bond acceptors (Lipinski definition) is 5. The highest BCUT2D eigenvalue weighted by Gasteiger charge is 2.22. The second-order valence-electron chi connectivity index (χ2n) is 7.52. The molecule has 0 radical (unpaired) electrons. The first-order valence-electron chi connectivity index (χ1n) is 10.3. The molecule has 0 saturated carbocycles. The minimum atomic E-state index is -0.171. The van der Waals surface area contributed by atoms with Crippen LogP contribution in [0.4, 0.5) is 5.69 Å². The summed E-state index contributed by atoms with van der Waals surface area (Å²) in [6.45, 7) is 5.23. The van der Waals surface area contributed by atoms with E-state index in [2.05, 4.69) is 37.9 Å². The van der Waals surface area contributed by atoms with Crippen molar-refractivity contribution in [2.24, 2.45) is 0 Å². The van der Waals surface area contributed by atoms with Crippen LogP contribution in [0.2, 0.25) is 0 Å². The van der Waals surface area contributed by atoms with Gasteiger partial charge in [-0.3, -0.25) is 14.7 Å². The highest BCUT2D eigenvalue weighted by molar-refractivity contribution is 5.94. The number of aromatic amines is 1. The third-order valence-corrected chi connectivity index (χ3v) is 5.63. The van der Waals surface area contributed by atoms with Crippen molar-refractivity contribution in [1.82, 2.24) is 25.7 Å². The molecule has 0 bridgehead atoms. The van der Waals surface area contributed by atoms with Gasteiger partial charge < -0.3 is 20.4 Å². The Morgan fingerprint density at radius 2 is 1.90 bits per heavy atom. The molecule has 3 heterocycles. The van der Waals surface area contributed by atoms with Gasteiger partial charge in [0.1, 0.15) is 0 Å². The predicted molar refractivity (Wildman–Crippen MR) is 111 cm³/mol. The molecule has 0 atom stereocenters. The zero-order chi connectivity index (χ0) is 20.1. The molecule has 1 aromatic heterocycles. The van der Waals surface area contributed by atoms with E-state index in [0.717, 1.165) is 50.4 Å². The molecule has 1 fully saturated rings. The van der Waals surface area contributed by atoms with E-state index in [-0.39, 0.29) is 11.8 Å². The van der Waals surface area contributed by atoms with Crippen LogP contribution in [0.1, 0.15) is 34.6 Å². The number of hydrogen-bond donors (Lipinski definition) is 3. The Labute approximate surface area is 170 Å². The quantitative estimate of drug-likeness (QED) is 0.632. The first-order valence-corrected chi connectivity index (χ1v) is 10.3. The molecule has 2 aromatic rings. The van der Waals surface area contributed by atoms with E-state index in [0.29, 0.717) is 31.6 Å². The van der Waals surface area contributed by atoms with Crippen molar-refractivity contribution in [3.05, 3.63) is 47.3 Å². The number of aromatic nitrogens is 2. The standard InChI is InChI=1S/C21H28N6O2/c28-19(27-13-11-26(12-14-27)16-5-2-1-3-6-16)7-4-9-23-21(29)20-17-15-22-10-8-18(17)24-25-20/h1-3,5-6,22H,4,7-15H2,(H,23,29)(H,24,25). The molecule has 0 unspecified atom stereocenters. The van der Waals surface area contributed by atoms with Gasteiger partial charge in [0.2, 0.25) is 5.91 Å². The van der Waals surface area contributed by atoms with Crippen LogP contribution in [0.5, 0.6) is 0 Å². The lowest BCUT2D eigenvalue weighted by atomic mass is 10.1. The number of benzene rings is 1. The Morgan fingerprint density at radius 1 is 1.10 bits per heavy atom. The lowest BCUT2D eigenvalue weighted by molar-refractivity contribution is -0.131. The Balaban J connectivity index is 1.17. The van der Waals surface area contributed by atoms with Crippen LogP contribution in [0, 0.1) is 0 Å². The third kappa shape index (κ3) is 4.59. The summed E-state index contributed by atoms with van der Waals surface area (Å²) in [5.74, 6) is -0.0107. The van der Waals surface area contributed by atoms with Crippen molar-refractivity contribution in [2.45, 2.75) is 25.8 Å². The Hall–Kier alpha value is -2.87. The lowest BCUT2D eigenvalue weighted by Gasteiger charge is -2.36. The molecule has 1 aromatic carbocycles. The Kier molecular flexibility index (Phi) is 6.09. The van der Waals surface area contributed by atoms with Crippen molar-refractivity contribution in [3.63, 3.8) is 0 Å². The van der Waals surface area contributed by atoms with Crippen LogP contribution < -0.4 is 15.5 Å². The first kappa shape index (κ1) is 19.4. The van der Waals surface area contributed by atoms with Gasteiger partial charge in [-0.05, 0) is 18.6 Å². The SMILES string of the molecule is O=C(NCCCC(=O)N1CCN(c2ccccc2)CC1)c1n[nH]c2c1CNCC2. The monoisotopic (exact) mass is 396 g/mol. The minimum absolute atomic E-state index is 0.160. The van der Waals surface area contributed by atoms with Crippen molar-refractivity contribution >= 4 is 17.5 Å². The van der Waals surface area contributed by atoms with Crippen molar-refractivity contribution in [2.75, 3.05) is 44.2 Å². The number of fused-ring (bicyclic) bond motifs is 1. The number of carbonyl (C=O) groups excluding carboxylic acids is 2. The van der Waals surface area contributed by atoms with Crippen LogP contribution >= 0.6 is 0 Å². The molecule has 1 saturated heterocycles. The average molecular weight is 396 g/mol. The van der Waals surface area contributed by atoms with Crippen LogP contribution in [0.15, 0.2) is 30.3 Å². The van der Waals surface area contributed by atoms with E-state index in [1.807, 2.05) is 23.1 Å². The summed E-state index contributed by atoms with van der Waals surface area (Å²) in [6, 6.07) is 10.3. The highest BCUT2D eigenvalue weighted by atomic mass is 16.2. The van der Waals surface area contributed by atoms with Gasteiger partial charge in [-0.25, -0.2) is 0 Å².